The van der Waals surface area contributed by atoms with Gasteiger partial charge in [-0.3, -0.25) is 4.79 Å². The number of hydrogen-bond acceptors (Lipinski definition) is 4. The number of fused-ring (bicyclic) bond motifs is 1. The fourth-order valence-corrected chi connectivity index (χ4v) is 2.38. The first-order valence-corrected chi connectivity index (χ1v) is 7.14. The lowest BCUT2D eigenvalue weighted by Crippen LogP contribution is -2.32. The molecule has 116 valence electrons. The number of benzene rings is 2. The minimum Gasteiger partial charge on any atom is -0.542 e. The molecule has 5 nitrogen and oxygen atoms in total. The van der Waals surface area contributed by atoms with Crippen molar-refractivity contribution in [2.75, 3.05) is 0 Å². The summed E-state index contributed by atoms with van der Waals surface area (Å²) in [5.74, 6) is -1.96. The lowest BCUT2D eigenvalue weighted by Gasteiger charge is -2.07. The van der Waals surface area contributed by atoms with Crippen molar-refractivity contribution in [1.29, 1.82) is 0 Å². The van der Waals surface area contributed by atoms with Crippen molar-refractivity contribution in [2.24, 2.45) is 0 Å². The molecular weight excluding hydrogens is 294 g/mol. The van der Waals surface area contributed by atoms with E-state index >= 15 is 0 Å². The molecule has 0 saturated carbocycles. The zero-order chi connectivity index (χ0) is 16.2. The van der Waals surface area contributed by atoms with Crippen molar-refractivity contribution < 1.29 is 19.4 Å². The maximum Gasteiger partial charge on any atom is 0.182 e. The number of nitrogens with one attached hydrogen (secondary N) is 1. The molecule has 1 aromatic heterocycles. The Morgan fingerprint density at radius 3 is 2.61 bits per heavy atom. The van der Waals surface area contributed by atoms with Gasteiger partial charge in [-0.15, -0.1) is 0 Å². The summed E-state index contributed by atoms with van der Waals surface area (Å²) >= 11 is 0. The van der Waals surface area contributed by atoms with E-state index in [-0.39, 0.29) is 6.42 Å². The van der Waals surface area contributed by atoms with Gasteiger partial charge in [0.25, 0.3) is 0 Å². The van der Waals surface area contributed by atoms with Crippen LogP contribution in [-0.2, 0) is 22.6 Å². The molecule has 3 rings (SSSR count). The van der Waals surface area contributed by atoms with Gasteiger partial charge in [-0.2, -0.15) is 0 Å². The van der Waals surface area contributed by atoms with E-state index < -0.39 is 11.8 Å². The Hall–Kier alpha value is -3.08. The first-order valence-electron chi connectivity index (χ1n) is 7.14. The van der Waals surface area contributed by atoms with Crippen molar-refractivity contribution in [3.05, 3.63) is 65.9 Å². The molecule has 0 aliphatic carbocycles. The van der Waals surface area contributed by atoms with Gasteiger partial charge >= 0.3 is 0 Å². The van der Waals surface area contributed by atoms with Crippen LogP contribution < -0.4 is 9.84 Å². The number of hydrogen-bond donors (Lipinski definition) is 1. The minimum atomic E-state index is -1.67. The molecule has 23 heavy (non-hydrogen) atoms. The lowest BCUT2D eigenvalue weighted by atomic mass is 10.1. The van der Waals surface area contributed by atoms with Gasteiger partial charge < -0.3 is 19.6 Å². The summed E-state index contributed by atoms with van der Waals surface area (Å²) in [6.07, 6.45) is 1.43. The fraction of sp³-hybridized carbons (Fsp3) is 0.111. The van der Waals surface area contributed by atoms with Crippen LogP contribution in [0.1, 0.15) is 11.1 Å². The Morgan fingerprint density at radius 1 is 1.09 bits per heavy atom. The van der Waals surface area contributed by atoms with Crippen molar-refractivity contribution in [3.63, 3.8) is 0 Å². The number of aliphatic carboxylic acids is 1. The molecule has 0 bridgehead atoms. The molecule has 0 atom stereocenters. The van der Waals surface area contributed by atoms with Crippen LogP contribution in [-0.4, -0.2) is 16.7 Å². The highest BCUT2D eigenvalue weighted by Crippen LogP contribution is 2.25. The summed E-state index contributed by atoms with van der Waals surface area (Å²) in [5, 5.41) is 11.4. The Bertz CT molecular complexity index is 852. The van der Waals surface area contributed by atoms with Gasteiger partial charge in [0.15, 0.2) is 5.78 Å². The average molecular weight is 308 g/mol. The second-order valence-corrected chi connectivity index (χ2v) is 5.18. The van der Waals surface area contributed by atoms with Crippen LogP contribution in [0.3, 0.4) is 0 Å². The number of carboxylic acids is 1. The van der Waals surface area contributed by atoms with Crippen molar-refractivity contribution in [2.45, 2.75) is 13.0 Å². The minimum absolute atomic E-state index is 0.204. The molecule has 1 heterocycles. The summed E-state index contributed by atoms with van der Waals surface area (Å²) in [6, 6.07) is 15.2. The van der Waals surface area contributed by atoms with E-state index in [1.165, 1.54) is 0 Å². The first-order chi connectivity index (χ1) is 11.1. The van der Waals surface area contributed by atoms with Crippen LogP contribution in [0, 0.1) is 0 Å². The second kappa shape index (κ2) is 6.36. The average Bonchev–Trinajstić information content (AvgIpc) is 2.96. The molecule has 0 fully saturated rings. The van der Waals surface area contributed by atoms with Crippen LogP contribution in [0.2, 0.25) is 0 Å². The highest BCUT2D eigenvalue weighted by molar-refractivity contribution is 6.32. The van der Waals surface area contributed by atoms with Gasteiger partial charge in [0.05, 0.1) is 0 Å². The predicted molar refractivity (Wildman–Crippen MR) is 82.8 cm³/mol. The second-order valence-electron chi connectivity index (χ2n) is 5.18. The van der Waals surface area contributed by atoms with E-state index in [4.69, 9.17) is 4.74 Å². The first kappa shape index (κ1) is 14.8. The van der Waals surface area contributed by atoms with E-state index in [1.807, 2.05) is 42.5 Å². The lowest BCUT2D eigenvalue weighted by molar-refractivity contribution is -0.299. The summed E-state index contributed by atoms with van der Waals surface area (Å²) < 4.78 is 5.75. The number of ether oxygens (including phenoxy) is 1. The third kappa shape index (κ3) is 3.40. The Morgan fingerprint density at radius 2 is 1.87 bits per heavy atom. The molecule has 2 aromatic carbocycles. The van der Waals surface area contributed by atoms with E-state index in [0.717, 1.165) is 16.5 Å². The van der Waals surface area contributed by atoms with E-state index in [9.17, 15) is 14.7 Å². The molecule has 3 aromatic rings. The van der Waals surface area contributed by atoms with Crippen LogP contribution in [0.4, 0.5) is 0 Å². The monoisotopic (exact) mass is 308 g/mol. The maximum absolute atomic E-state index is 11.3. The number of Topliss-reactive ketones (excluding diaryl/α,β-unsaturated/α-hetero) is 1. The Kier molecular flexibility index (Phi) is 4.10. The number of carboxylic acid groups (broad SMARTS) is 1. The van der Waals surface area contributed by atoms with Gasteiger partial charge in [-0.05, 0) is 29.3 Å². The predicted octanol–water partition coefficient (Wildman–Crippen LogP) is 1.61. The quantitative estimate of drug-likeness (QED) is 0.701. The summed E-state index contributed by atoms with van der Waals surface area (Å²) in [7, 11) is 0. The maximum atomic E-state index is 11.3. The number of carbonyl (C=O) groups excluding carboxylic acids is 2. The van der Waals surface area contributed by atoms with Crippen LogP contribution >= 0.6 is 0 Å². The van der Waals surface area contributed by atoms with Gasteiger partial charge in [0, 0.05) is 23.5 Å². The topological polar surface area (TPSA) is 82.2 Å². The highest BCUT2D eigenvalue weighted by atomic mass is 16.5. The van der Waals surface area contributed by atoms with Gasteiger partial charge in [-0.25, -0.2) is 0 Å². The summed E-state index contributed by atoms with van der Waals surface area (Å²) in [4.78, 5) is 24.9. The molecular formula is C18H14NO4-. The van der Waals surface area contributed by atoms with Crippen molar-refractivity contribution >= 4 is 22.7 Å². The zero-order valence-corrected chi connectivity index (χ0v) is 12.2. The van der Waals surface area contributed by atoms with E-state index in [2.05, 4.69) is 4.98 Å². The number of H-pyrrole nitrogens is 1. The van der Waals surface area contributed by atoms with E-state index in [1.54, 1.807) is 12.3 Å². The summed E-state index contributed by atoms with van der Waals surface area (Å²) in [6.45, 7) is 0.435. The molecule has 0 saturated heterocycles. The summed E-state index contributed by atoms with van der Waals surface area (Å²) in [5.41, 5.74) is 2.48. The molecule has 5 heteroatoms. The molecule has 0 radical (unpaired) electrons. The Balaban J connectivity index is 1.80. The molecule has 0 unspecified atom stereocenters. The highest BCUT2D eigenvalue weighted by Gasteiger charge is 2.10. The molecule has 0 aliphatic heterocycles. The number of rotatable bonds is 6. The molecule has 0 aliphatic rings. The van der Waals surface area contributed by atoms with Crippen molar-refractivity contribution in [1.82, 2.24) is 4.98 Å². The van der Waals surface area contributed by atoms with Crippen LogP contribution in [0.5, 0.6) is 5.75 Å². The fourth-order valence-electron chi connectivity index (χ4n) is 2.38. The third-order valence-electron chi connectivity index (χ3n) is 3.57. The zero-order valence-electron chi connectivity index (χ0n) is 12.2. The molecule has 0 spiro atoms. The SMILES string of the molecule is O=C([O-])C(=O)Cc1c[nH]c2ccc(OCc3ccccc3)cc12. The van der Waals surface area contributed by atoms with Gasteiger partial charge in [0.2, 0.25) is 0 Å². The Labute approximate surface area is 132 Å². The van der Waals surface area contributed by atoms with Crippen molar-refractivity contribution in [3.8, 4) is 5.75 Å². The van der Waals surface area contributed by atoms with Gasteiger partial charge in [0.1, 0.15) is 18.3 Å². The largest absolute Gasteiger partial charge is 0.542 e. The molecule has 1 N–H and O–H groups in total. The number of carbonyl (C=O) groups is 2. The van der Waals surface area contributed by atoms with E-state index in [0.29, 0.717) is 17.9 Å². The smallest absolute Gasteiger partial charge is 0.182 e. The third-order valence-corrected chi connectivity index (χ3v) is 3.57. The normalized spacial score (nSPS) is 10.6. The van der Waals surface area contributed by atoms with Crippen LogP contribution in [0.15, 0.2) is 54.7 Å². The number of aromatic amines is 1. The van der Waals surface area contributed by atoms with Gasteiger partial charge in [-0.1, -0.05) is 30.3 Å². The molecule has 0 amide bonds. The number of ketones is 1. The standard InChI is InChI=1S/C18H15NO4/c20-17(18(21)22)8-13-10-19-16-7-6-14(9-15(13)16)23-11-12-4-2-1-3-5-12/h1-7,9-10,19H,8,11H2,(H,21,22)/p-1. The van der Waals surface area contributed by atoms with Crippen LogP contribution in [0.25, 0.3) is 10.9 Å². The number of aromatic nitrogens is 1.